The van der Waals surface area contributed by atoms with Crippen LogP contribution in [0.25, 0.3) is 11.1 Å². The first-order chi connectivity index (χ1) is 9.67. The summed E-state index contributed by atoms with van der Waals surface area (Å²) in [5.41, 5.74) is 8.74. The van der Waals surface area contributed by atoms with Crippen molar-refractivity contribution in [1.29, 1.82) is 0 Å². The summed E-state index contributed by atoms with van der Waals surface area (Å²) in [6, 6.07) is 7.30. The quantitative estimate of drug-likeness (QED) is 0.921. The van der Waals surface area contributed by atoms with E-state index in [0.29, 0.717) is 12.6 Å². The number of nitrogens with zero attached hydrogens (tertiary/aromatic N) is 3. The fourth-order valence-electron chi connectivity index (χ4n) is 2.66. The molecule has 0 spiro atoms. The van der Waals surface area contributed by atoms with Crippen LogP contribution >= 0.6 is 0 Å². The maximum absolute atomic E-state index is 5.86. The Hall–Kier alpha value is -1.59. The molecule has 1 atom stereocenters. The van der Waals surface area contributed by atoms with Gasteiger partial charge in [-0.15, -0.1) is 0 Å². The number of hydrogen-bond donors (Lipinski definition) is 1. The average molecular weight is 274 g/mol. The molecule has 1 fully saturated rings. The van der Waals surface area contributed by atoms with Crippen LogP contribution in [0.3, 0.4) is 0 Å². The number of rotatable bonds is 3. The highest BCUT2D eigenvalue weighted by atomic mass is 16.4. The molecule has 2 N–H and O–H groups in total. The van der Waals surface area contributed by atoms with E-state index in [2.05, 4.69) is 40.8 Å². The molecule has 1 aliphatic rings. The molecule has 1 aromatic carbocycles. The minimum Gasteiger partial charge on any atom is -0.423 e. The first-order valence-corrected chi connectivity index (χ1v) is 7.23. The third-order valence-electron chi connectivity index (χ3n) is 4.08. The van der Waals surface area contributed by atoms with Crippen LogP contribution in [0.4, 0.5) is 6.01 Å². The molecule has 108 valence electrons. The normalized spacial score (nSPS) is 18.6. The Kier molecular flexibility index (Phi) is 3.63. The fraction of sp³-hybridized carbons (Fsp3) is 0.533. The summed E-state index contributed by atoms with van der Waals surface area (Å²) in [6.45, 7) is 8.86. The SMILES string of the molecule is Cc1ccc2oc(N3CCN(C(C)CN)CC3)nc2c1. The van der Waals surface area contributed by atoms with Gasteiger partial charge in [0.25, 0.3) is 6.01 Å². The van der Waals surface area contributed by atoms with Gasteiger partial charge in [-0.1, -0.05) is 6.07 Å². The van der Waals surface area contributed by atoms with Crippen LogP contribution in [-0.4, -0.2) is 48.6 Å². The molecule has 1 aromatic heterocycles. The van der Waals surface area contributed by atoms with Crippen molar-refractivity contribution in [3.05, 3.63) is 23.8 Å². The molecule has 5 heteroatoms. The lowest BCUT2D eigenvalue weighted by molar-refractivity contribution is 0.198. The third-order valence-corrected chi connectivity index (χ3v) is 4.08. The summed E-state index contributed by atoms with van der Waals surface area (Å²) >= 11 is 0. The second-order valence-electron chi connectivity index (χ2n) is 5.58. The number of nitrogens with two attached hydrogens (primary N) is 1. The van der Waals surface area contributed by atoms with E-state index in [9.17, 15) is 0 Å². The molecule has 2 heterocycles. The van der Waals surface area contributed by atoms with Crippen LogP contribution in [-0.2, 0) is 0 Å². The molecule has 0 aliphatic carbocycles. The van der Waals surface area contributed by atoms with Crippen molar-refractivity contribution in [2.75, 3.05) is 37.6 Å². The van der Waals surface area contributed by atoms with E-state index < -0.39 is 0 Å². The number of aryl methyl sites for hydroxylation is 1. The van der Waals surface area contributed by atoms with Crippen molar-refractivity contribution in [1.82, 2.24) is 9.88 Å². The molecule has 2 aromatic rings. The number of aromatic nitrogens is 1. The van der Waals surface area contributed by atoms with E-state index in [1.165, 1.54) is 5.56 Å². The number of piperazine rings is 1. The minimum absolute atomic E-state index is 0.448. The highest BCUT2D eigenvalue weighted by Gasteiger charge is 2.23. The van der Waals surface area contributed by atoms with E-state index in [0.717, 1.165) is 43.3 Å². The second-order valence-corrected chi connectivity index (χ2v) is 5.58. The Morgan fingerprint density at radius 3 is 2.75 bits per heavy atom. The van der Waals surface area contributed by atoms with Gasteiger partial charge in [0.1, 0.15) is 5.52 Å². The first-order valence-electron chi connectivity index (χ1n) is 7.23. The summed E-state index contributed by atoms with van der Waals surface area (Å²) in [5.74, 6) is 0. The van der Waals surface area contributed by atoms with E-state index in [-0.39, 0.29) is 0 Å². The fourth-order valence-corrected chi connectivity index (χ4v) is 2.66. The van der Waals surface area contributed by atoms with Crippen LogP contribution in [0, 0.1) is 6.92 Å². The van der Waals surface area contributed by atoms with Gasteiger partial charge in [0.05, 0.1) is 0 Å². The van der Waals surface area contributed by atoms with Crippen LogP contribution < -0.4 is 10.6 Å². The van der Waals surface area contributed by atoms with Crippen molar-refractivity contribution < 1.29 is 4.42 Å². The lowest BCUT2D eigenvalue weighted by Crippen LogP contribution is -2.51. The smallest absolute Gasteiger partial charge is 0.298 e. The van der Waals surface area contributed by atoms with E-state index in [1.807, 2.05) is 6.07 Å². The van der Waals surface area contributed by atoms with Crippen LogP contribution in [0.5, 0.6) is 0 Å². The maximum atomic E-state index is 5.86. The van der Waals surface area contributed by atoms with Crippen LogP contribution in [0.15, 0.2) is 22.6 Å². The van der Waals surface area contributed by atoms with Gasteiger partial charge >= 0.3 is 0 Å². The number of fused-ring (bicyclic) bond motifs is 1. The molecular weight excluding hydrogens is 252 g/mol. The van der Waals surface area contributed by atoms with Gasteiger partial charge in [-0.3, -0.25) is 4.90 Å². The summed E-state index contributed by atoms with van der Waals surface area (Å²) < 4.78 is 5.86. The van der Waals surface area contributed by atoms with E-state index in [1.54, 1.807) is 0 Å². The molecule has 3 rings (SSSR count). The molecule has 0 radical (unpaired) electrons. The lowest BCUT2D eigenvalue weighted by Gasteiger charge is -2.36. The van der Waals surface area contributed by atoms with Crippen LogP contribution in [0.2, 0.25) is 0 Å². The average Bonchev–Trinajstić information content (AvgIpc) is 2.89. The Morgan fingerprint density at radius 1 is 1.30 bits per heavy atom. The van der Waals surface area contributed by atoms with Gasteiger partial charge in [-0.05, 0) is 31.5 Å². The standard InChI is InChI=1S/C15H22N4O/c1-11-3-4-14-13(9-11)17-15(20-14)19-7-5-18(6-8-19)12(2)10-16/h3-4,9,12H,5-8,10,16H2,1-2H3. The molecule has 0 bridgehead atoms. The van der Waals surface area contributed by atoms with Crippen molar-refractivity contribution in [2.24, 2.45) is 5.73 Å². The molecular formula is C15H22N4O. The Balaban J connectivity index is 1.73. The zero-order chi connectivity index (χ0) is 14.1. The number of benzene rings is 1. The molecule has 1 unspecified atom stereocenters. The summed E-state index contributed by atoms with van der Waals surface area (Å²) in [6.07, 6.45) is 0. The predicted octanol–water partition coefficient (Wildman–Crippen LogP) is 1.61. The molecule has 0 amide bonds. The summed E-state index contributed by atoms with van der Waals surface area (Å²) in [4.78, 5) is 9.24. The van der Waals surface area contributed by atoms with E-state index in [4.69, 9.17) is 10.2 Å². The zero-order valence-corrected chi connectivity index (χ0v) is 12.2. The summed E-state index contributed by atoms with van der Waals surface area (Å²) in [5, 5.41) is 0. The van der Waals surface area contributed by atoms with Crippen LogP contribution in [0.1, 0.15) is 12.5 Å². The van der Waals surface area contributed by atoms with Gasteiger partial charge in [0.15, 0.2) is 5.58 Å². The monoisotopic (exact) mass is 274 g/mol. The molecule has 0 saturated carbocycles. The van der Waals surface area contributed by atoms with Gasteiger partial charge in [-0.25, -0.2) is 0 Å². The Morgan fingerprint density at radius 2 is 2.05 bits per heavy atom. The maximum Gasteiger partial charge on any atom is 0.298 e. The Labute approximate surface area is 119 Å². The Bertz CT molecular complexity index is 587. The summed E-state index contributed by atoms with van der Waals surface area (Å²) in [7, 11) is 0. The van der Waals surface area contributed by atoms with Crippen molar-refractivity contribution in [3.63, 3.8) is 0 Å². The zero-order valence-electron chi connectivity index (χ0n) is 12.2. The molecule has 1 saturated heterocycles. The van der Waals surface area contributed by atoms with Gasteiger partial charge < -0.3 is 15.1 Å². The second kappa shape index (κ2) is 5.42. The first kappa shape index (κ1) is 13.4. The molecule has 5 nitrogen and oxygen atoms in total. The number of oxazole rings is 1. The number of anilines is 1. The minimum atomic E-state index is 0.448. The van der Waals surface area contributed by atoms with Gasteiger partial charge in [0, 0.05) is 38.8 Å². The largest absolute Gasteiger partial charge is 0.423 e. The van der Waals surface area contributed by atoms with Gasteiger partial charge in [0.2, 0.25) is 0 Å². The van der Waals surface area contributed by atoms with Crippen molar-refractivity contribution >= 4 is 17.1 Å². The predicted molar refractivity (Wildman–Crippen MR) is 81.0 cm³/mol. The van der Waals surface area contributed by atoms with E-state index >= 15 is 0 Å². The topological polar surface area (TPSA) is 58.5 Å². The third kappa shape index (κ3) is 2.51. The molecule has 20 heavy (non-hydrogen) atoms. The highest BCUT2D eigenvalue weighted by Crippen LogP contribution is 2.23. The van der Waals surface area contributed by atoms with Gasteiger partial charge in [-0.2, -0.15) is 4.98 Å². The number of hydrogen-bond acceptors (Lipinski definition) is 5. The van der Waals surface area contributed by atoms with Crippen molar-refractivity contribution in [2.45, 2.75) is 19.9 Å². The lowest BCUT2D eigenvalue weighted by atomic mass is 10.2. The highest BCUT2D eigenvalue weighted by molar-refractivity contribution is 5.75. The molecule has 1 aliphatic heterocycles. The van der Waals surface area contributed by atoms with Crippen molar-refractivity contribution in [3.8, 4) is 0 Å².